The first kappa shape index (κ1) is 28.1. The Morgan fingerprint density at radius 2 is 1.29 bits per heavy atom. The van der Waals surface area contributed by atoms with Crippen LogP contribution in [0.4, 0.5) is 0 Å². The Labute approximate surface area is 167 Å². The van der Waals surface area contributed by atoms with Crippen molar-refractivity contribution in [1.82, 2.24) is 0 Å². The van der Waals surface area contributed by atoms with Gasteiger partial charge in [-0.2, -0.15) is 0 Å². The minimum absolute atomic E-state index is 0.0397. The molecule has 0 amide bonds. The van der Waals surface area contributed by atoms with E-state index in [-0.39, 0.29) is 31.3 Å². The van der Waals surface area contributed by atoms with E-state index in [1.54, 1.807) is 48.5 Å². The lowest BCUT2D eigenvalue weighted by Gasteiger charge is -2.18. The summed E-state index contributed by atoms with van der Waals surface area (Å²) in [6.45, 7) is 13.7. The van der Waals surface area contributed by atoms with E-state index in [9.17, 15) is 19.2 Å². The second kappa shape index (κ2) is 13.1. The second-order valence-electron chi connectivity index (χ2n) is 8.36. The van der Waals surface area contributed by atoms with Gasteiger partial charge in [0.25, 0.3) is 0 Å². The van der Waals surface area contributed by atoms with Crippen molar-refractivity contribution < 1.29 is 38.5 Å². The monoisotopic (exact) mass is 404 g/mol. The first-order valence-electron chi connectivity index (χ1n) is 9.39. The highest BCUT2D eigenvalue weighted by atomic mass is 16.7. The number of carboxylic acids is 1. The van der Waals surface area contributed by atoms with Gasteiger partial charge in [-0.15, -0.1) is 0 Å². The standard InChI is InChI=1S/2C10H18O4/c1-5-7(8(11)12)6-14-9(13)10(2,3)4;1-5-6-8(11)13-7-14-9(12)10(2,3)4/h7H,5-6H2,1-4H3,(H,11,12);5-7H2,1-4H3. The molecule has 164 valence electrons. The van der Waals surface area contributed by atoms with Crippen LogP contribution in [-0.2, 0) is 33.4 Å². The number of carbonyl (C=O) groups is 4. The fraction of sp³-hybridized carbons (Fsp3) is 0.800. The molecule has 0 bridgehead atoms. The van der Waals surface area contributed by atoms with E-state index >= 15 is 0 Å². The summed E-state index contributed by atoms with van der Waals surface area (Å²) in [6, 6.07) is 0. The van der Waals surface area contributed by atoms with Crippen LogP contribution in [0.2, 0.25) is 0 Å². The van der Waals surface area contributed by atoms with E-state index in [2.05, 4.69) is 4.74 Å². The zero-order chi connectivity index (χ0) is 22.5. The number of carbonyl (C=O) groups excluding carboxylic acids is 3. The number of hydrogen-bond acceptors (Lipinski definition) is 7. The minimum Gasteiger partial charge on any atom is -0.481 e. The molecule has 0 aromatic rings. The van der Waals surface area contributed by atoms with Gasteiger partial charge in [0.2, 0.25) is 6.79 Å². The molecule has 28 heavy (non-hydrogen) atoms. The van der Waals surface area contributed by atoms with Gasteiger partial charge in [0.1, 0.15) is 6.61 Å². The Bertz CT molecular complexity index is 509. The molecule has 0 aromatic carbocycles. The lowest BCUT2D eigenvalue weighted by atomic mass is 9.97. The van der Waals surface area contributed by atoms with E-state index < -0.39 is 22.7 Å². The summed E-state index contributed by atoms with van der Waals surface area (Å²) in [5.74, 6) is -2.59. The number of hydrogen-bond donors (Lipinski definition) is 1. The van der Waals surface area contributed by atoms with Crippen molar-refractivity contribution in [2.24, 2.45) is 16.7 Å². The Morgan fingerprint density at radius 1 is 0.821 bits per heavy atom. The van der Waals surface area contributed by atoms with Crippen LogP contribution in [0.15, 0.2) is 0 Å². The van der Waals surface area contributed by atoms with Crippen LogP contribution < -0.4 is 0 Å². The summed E-state index contributed by atoms with van der Waals surface area (Å²) in [6.07, 6.45) is 1.55. The molecule has 0 heterocycles. The van der Waals surface area contributed by atoms with Crippen LogP contribution in [0.3, 0.4) is 0 Å². The van der Waals surface area contributed by atoms with Crippen molar-refractivity contribution in [3.8, 4) is 0 Å². The maximum atomic E-state index is 11.3. The molecule has 0 radical (unpaired) electrons. The molecule has 1 unspecified atom stereocenters. The van der Waals surface area contributed by atoms with Gasteiger partial charge in [-0.25, -0.2) is 0 Å². The Balaban J connectivity index is 0. The molecule has 1 atom stereocenters. The van der Waals surface area contributed by atoms with Crippen molar-refractivity contribution >= 4 is 23.9 Å². The molecule has 8 heteroatoms. The molecular formula is C20H36O8. The highest BCUT2D eigenvalue weighted by Gasteiger charge is 2.25. The van der Waals surface area contributed by atoms with Crippen molar-refractivity contribution in [2.75, 3.05) is 13.4 Å². The summed E-state index contributed by atoms with van der Waals surface area (Å²) in [5.41, 5.74) is -1.13. The average molecular weight is 405 g/mol. The number of esters is 3. The van der Waals surface area contributed by atoms with Gasteiger partial charge in [0.05, 0.1) is 16.7 Å². The molecular weight excluding hydrogens is 368 g/mol. The van der Waals surface area contributed by atoms with Crippen molar-refractivity contribution in [1.29, 1.82) is 0 Å². The molecule has 0 aromatic heterocycles. The van der Waals surface area contributed by atoms with Gasteiger partial charge in [0.15, 0.2) is 0 Å². The number of rotatable bonds is 8. The molecule has 0 spiro atoms. The third-order valence-corrected chi connectivity index (χ3v) is 3.35. The largest absolute Gasteiger partial charge is 0.481 e. The molecule has 0 rings (SSSR count). The van der Waals surface area contributed by atoms with Crippen LogP contribution >= 0.6 is 0 Å². The smallest absolute Gasteiger partial charge is 0.314 e. The SMILES string of the molecule is CCC(COC(=O)C(C)(C)C)C(=O)O.CCCC(=O)OCOC(=O)C(C)(C)C. The molecule has 1 N–H and O–H groups in total. The summed E-state index contributed by atoms with van der Waals surface area (Å²) in [5, 5.41) is 8.70. The number of aliphatic carboxylic acids is 1. The van der Waals surface area contributed by atoms with E-state index in [1.807, 2.05) is 6.92 Å². The third kappa shape index (κ3) is 14.0. The first-order chi connectivity index (χ1) is 12.7. The Hall–Kier alpha value is -2.12. The normalized spacial score (nSPS) is 12.1. The van der Waals surface area contributed by atoms with Gasteiger partial charge in [-0.3, -0.25) is 19.2 Å². The first-order valence-corrected chi connectivity index (χ1v) is 9.39. The van der Waals surface area contributed by atoms with E-state index in [4.69, 9.17) is 14.6 Å². The summed E-state index contributed by atoms with van der Waals surface area (Å²) in [4.78, 5) is 43.9. The molecule has 0 saturated heterocycles. The average Bonchev–Trinajstić information content (AvgIpc) is 2.53. The molecule has 8 nitrogen and oxygen atoms in total. The van der Waals surface area contributed by atoms with Crippen molar-refractivity contribution in [3.05, 3.63) is 0 Å². The highest BCUT2D eigenvalue weighted by Crippen LogP contribution is 2.16. The lowest BCUT2D eigenvalue weighted by molar-refractivity contribution is -0.173. The maximum Gasteiger partial charge on any atom is 0.314 e. The number of ether oxygens (including phenoxy) is 3. The Kier molecular flexibility index (Phi) is 13.2. The molecule has 0 aliphatic heterocycles. The summed E-state index contributed by atoms with van der Waals surface area (Å²) in [7, 11) is 0. The van der Waals surface area contributed by atoms with Crippen molar-refractivity contribution in [3.63, 3.8) is 0 Å². The van der Waals surface area contributed by atoms with Crippen LogP contribution in [0.5, 0.6) is 0 Å². The molecule has 0 fully saturated rings. The van der Waals surface area contributed by atoms with E-state index in [0.29, 0.717) is 12.8 Å². The molecule has 0 aliphatic rings. The van der Waals surface area contributed by atoms with E-state index in [1.165, 1.54) is 0 Å². The Morgan fingerprint density at radius 3 is 1.64 bits per heavy atom. The minimum atomic E-state index is -0.922. The van der Waals surface area contributed by atoms with Gasteiger partial charge in [-0.1, -0.05) is 13.8 Å². The zero-order valence-electron chi connectivity index (χ0n) is 18.4. The van der Waals surface area contributed by atoms with Gasteiger partial charge in [0, 0.05) is 6.42 Å². The predicted octanol–water partition coefficient (Wildman–Crippen LogP) is 3.56. The van der Waals surface area contributed by atoms with Gasteiger partial charge >= 0.3 is 23.9 Å². The highest BCUT2D eigenvalue weighted by molar-refractivity contribution is 5.76. The molecule has 0 saturated carbocycles. The maximum absolute atomic E-state index is 11.3. The van der Waals surface area contributed by atoms with Gasteiger partial charge in [-0.05, 0) is 54.4 Å². The number of carboxylic acid groups (broad SMARTS) is 1. The predicted molar refractivity (Wildman–Crippen MR) is 103 cm³/mol. The molecule has 0 aliphatic carbocycles. The fourth-order valence-electron chi connectivity index (χ4n) is 1.40. The fourth-order valence-corrected chi connectivity index (χ4v) is 1.40. The van der Waals surface area contributed by atoms with Gasteiger partial charge < -0.3 is 19.3 Å². The van der Waals surface area contributed by atoms with Crippen molar-refractivity contribution in [2.45, 2.75) is 74.7 Å². The van der Waals surface area contributed by atoms with E-state index in [0.717, 1.165) is 6.42 Å². The second-order valence-corrected chi connectivity index (χ2v) is 8.36. The summed E-state index contributed by atoms with van der Waals surface area (Å²) < 4.78 is 14.3. The van der Waals surface area contributed by atoms with Crippen LogP contribution in [-0.4, -0.2) is 42.4 Å². The zero-order valence-corrected chi connectivity index (χ0v) is 18.4. The topological polar surface area (TPSA) is 116 Å². The third-order valence-electron chi connectivity index (χ3n) is 3.35. The van der Waals surface area contributed by atoms with Crippen LogP contribution in [0.1, 0.15) is 74.7 Å². The summed E-state index contributed by atoms with van der Waals surface area (Å²) >= 11 is 0. The quantitative estimate of drug-likeness (QED) is 0.482. The van der Waals surface area contributed by atoms with Crippen LogP contribution in [0, 0.1) is 16.7 Å². The lowest BCUT2D eigenvalue weighted by Crippen LogP contribution is -2.27. The van der Waals surface area contributed by atoms with Crippen LogP contribution in [0.25, 0.3) is 0 Å².